The van der Waals surface area contributed by atoms with E-state index in [1.165, 1.54) is 29.5 Å². The highest BCUT2D eigenvalue weighted by atomic mass is 32.1. The Hall–Kier alpha value is -1.73. The average molecular weight is 336 g/mol. The van der Waals surface area contributed by atoms with Gasteiger partial charge in [-0.2, -0.15) is 0 Å². The first-order valence-electron chi connectivity index (χ1n) is 7.22. The van der Waals surface area contributed by atoms with Crippen LogP contribution in [0.25, 0.3) is 0 Å². The number of nitrogens with zero attached hydrogens (tertiary/aromatic N) is 1. The first-order valence-corrected chi connectivity index (χ1v) is 8.85. The van der Waals surface area contributed by atoms with Gasteiger partial charge in [-0.1, -0.05) is 0 Å². The summed E-state index contributed by atoms with van der Waals surface area (Å²) in [6.45, 7) is 0.519. The first-order chi connectivity index (χ1) is 10.6. The molecule has 0 aliphatic heterocycles. The van der Waals surface area contributed by atoms with Crippen LogP contribution >= 0.6 is 22.7 Å². The lowest BCUT2D eigenvalue weighted by molar-refractivity contribution is 0.0702. The van der Waals surface area contributed by atoms with E-state index in [4.69, 9.17) is 5.11 Å². The van der Waals surface area contributed by atoms with Gasteiger partial charge in [0.25, 0.3) is 5.91 Å². The number of aryl methyl sites for hydroxylation is 2. The first kappa shape index (κ1) is 15.2. The Morgan fingerprint density at radius 2 is 1.95 bits per heavy atom. The SMILES string of the molecule is O=C(O)c1ccc(C(=O)NCCc2nc3c(s2)CCCC3)s1. The van der Waals surface area contributed by atoms with Crippen LogP contribution < -0.4 is 5.32 Å². The van der Waals surface area contributed by atoms with Gasteiger partial charge in [-0.3, -0.25) is 4.79 Å². The molecule has 3 rings (SSSR count). The normalized spacial score (nSPS) is 13.6. The van der Waals surface area contributed by atoms with Crippen molar-refractivity contribution >= 4 is 34.6 Å². The lowest BCUT2D eigenvalue weighted by atomic mass is 10.0. The maximum absolute atomic E-state index is 12.0. The number of thiazole rings is 1. The van der Waals surface area contributed by atoms with E-state index in [0.717, 1.165) is 35.6 Å². The Bertz CT molecular complexity index is 682. The van der Waals surface area contributed by atoms with Gasteiger partial charge >= 0.3 is 5.97 Å². The van der Waals surface area contributed by atoms with E-state index in [0.29, 0.717) is 11.4 Å². The number of hydrogen-bond donors (Lipinski definition) is 2. The maximum Gasteiger partial charge on any atom is 0.345 e. The summed E-state index contributed by atoms with van der Waals surface area (Å²) in [5.41, 5.74) is 1.24. The van der Waals surface area contributed by atoms with E-state index in [9.17, 15) is 9.59 Å². The highest BCUT2D eigenvalue weighted by Gasteiger charge is 2.16. The number of nitrogens with one attached hydrogen (secondary N) is 1. The number of carboxylic acid groups (broad SMARTS) is 1. The van der Waals surface area contributed by atoms with Crippen LogP contribution in [0.2, 0.25) is 0 Å². The van der Waals surface area contributed by atoms with Crippen LogP contribution in [0, 0.1) is 0 Å². The van der Waals surface area contributed by atoms with E-state index >= 15 is 0 Å². The molecule has 7 heteroatoms. The molecule has 1 aliphatic carbocycles. The zero-order chi connectivity index (χ0) is 15.5. The number of rotatable bonds is 5. The largest absolute Gasteiger partial charge is 0.477 e. The van der Waals surface area contributed by atoms with Crippen molar-refractivity contribution in [2.45, 2.75) is 32.1 Å². The molecule has 2 N–H and O–H groups in total. The Labute approximate surface area is 136 Å². The molecule has 0 bridgehead atoms. The molecule has 1 aliphatic rings. The summed E-state index contributed by atoms with van der Waals surface area (Å²) in [6, 6.07) is 3.00. The molecule has 0 aromatic carbocycles. The number of amides is 1. The zero-order valence-electron chi connectivity index (χ0n) is 11.9. The summed E-state index contributed by atoms with van der Waals surface area (Å²) in [7, 11) is 0. The molecule has 2 heterocycles. The zero-order valence-corrected chi connectivity index (χ0v) is 13.6. The fraction of sp³-hybridized carbons (Fsp3) is 0.400. The Kier molecular flexibility index (Phi) is 4.54. The Morgan fingerprint density at radius 1 is 1.18 bits per heavy atom. The molecule has 5 nitrogen and oxygen atoms in total. The number of carboxylic acids is 1. The quantitative estimate of drug-likeness (QED) is 0.880. The minimum absolute atomic E-state index is 0.178. The lowest BCUT2D eigenvalue weighted by Gasteiger charge is -2.06. The van der Waals surface area contributed by atoms with Crippen molar-refractivity contribution in [3.63, 3.8) is 0 Å². The third-order valence-corrected chi connectivity index (χ3v) is 5.84. The van der Waals surface area contributed by atoms with E-state index in [1.807, 2.05) is 0 Å². The Balaban J connectivity index is 1.52. The van der Waals surface area contributed by atoms with E-state index in [1.54, 1.807) is 17.4 Å². The molecule has 0 spiro atoms. The van der Waals surface area contributed by atoms with E-state index in [-0.39, 0.29) is 10.8 Å². The van der Waals surface area contributed by atoms with Gasteiger partial charge in [0.2, 0.25) is 0 Å². The van der Waals surface area contributed by atoms with Crippen LogP contribution in [0.3, 0.4) is 0 Å². The minimum Gasteiger partial charge on any atom is -0.477 e. The fourth-order valence-corrected chi connectivity index (χ4v) is 4.37. The van der Waals surface area contributed by atoms with Gasteiger partial charge in [-0.15, -0.1) is 22.7 Å². The van der Waals surface area contributed by atoms with Gasteiger partial charge < -0.3 is 10.4 Å². The second-order valence-corrected chi connectivity index (χ2v) is 7.41. The summed E-state index contributed by atoms with van der Waals surface area (Å²) in [5, 5.41) is 12.8. The van der Waals surface area contributed by atoms with Crippen molar-refractivity contribution in [1.82, 2.24) is 10.3 Å². The topological polar surface area (TPSA) is 79.3 Å². The fourth-order valence-electron chi connectivity index (χ4n) is 2.46. The molecular weight excluding hydrogens is 320 g/mol. The average Bonchev–Trinajstić information content (AvgIpc) is 3.13. The monoisotopic (exact) mass is 336 g/mol. The Morgan fingerprint density at radius 3 is 2.68 bits per heavy atom. The van der Waals surface area contributed by atoms with Crippen LogP contribution in [0.4, 0.5) is 0 Å². The number of carbonyl (C=O) groups excluding carboxylic acids is 1. The summed E-state index contributed by atoms with van der Waals surface area (Å²) < 4.78 is 0. The minimum atomic E-state index is -1.00. The molecule has 0 fully saturated rings. The van der Waals surface area contributed by atoms with Crippen molar-refractivity contribution in [3.8, 4) is 0 Å². The van der Waals surface area contributed by atoms with Crippen LogP contribution in [0.1, 0.15) is 47.8 Å². The van der Waals surface area contributed by atoms with Gasteiger partial charge in [0.05, 0.1) is 15.6 Å². The smallest absolute Gasteiger partial charge is 0.345 e. The van der Waals surface area contributed by atoms with Gasteiger partial charge in [-0.25, -0.2) is 9.78 Å². The summed E-state index contributed by atoms with van der Waals surface area (Å²) in [5.74, 6) is -1.23. The molecule has 0 unspecified atom stereocenters. The number of aromatic nitrogens is 1. The highest BCUT2D eigenvalue weighted by molar-refractivity contribution is 7.15. The molecule has 0 saturated carbocycles. The second kappa shape index (κ2) is 6.58. The molecule has 1 amide bonds. The number of hydrogen-bond acceptors (Lipinski definition) is 5. The second-order valence-electron chi connectivity index (χ2n) is 5.16. The van der Waals surface area contributed by atoms with Crippen LogP contribution in [0.15, 0.2) is 12.1 Å². The lowest BCUT2D eigenvalue weighted by Crippen LogP contribution is -2.24. The molecule has 0 saturated heterocycles. The van der Waals surface area contributed by atoms with Crippen molar-refractivity contribution in [3.05, 3.63) is 37.5 Å². The highest BCUT2D eigenvalue weighted by Crippen LogP contribution is 2.26. The van der Waals surface area contributed by atoms with Crippen LogP contribution in [0.5, 0.6) is 0 Å². The number of fused-ring (bicyclic) bond motifs is 1. The third kappa shape index (κ3) is 3.36. The van der Waals surface area contributed by atoms with Gasteiger partial charge in [0.1, 0.15) is 4.88 Å². The van der Waals surface area contributed by atoms with Gasteiger partial charge in [0.15, 0.2) is 0 Å². The van der Waals surface area contributed by atoms with Crippen LogP contribution in [-0.2, 0) is 19.3 Å². The standard InChI is InChI=1S/C15H16N2O3S2/c18-14(11-5-6-12(21-11)15(19)20)16-8-7-13-17-9-3-1-2-4-10(9)22-13/h5-6H,1-4,7-8H2,(H,16,18)(H,19,20). The summed E-state index contributed by atoms with van der Waals surface area (Å²) >= 11 is 2.75. The third-order valence-electron chi connectivity index (χ3n) is 3.55. The van der Waals surface area contributed by atoms with E-state index < -0.39 is 5.97 Å². The molecule has 2 aromatic rings. The van der Waals surface area contributed by atoms with Crippen molar-refractivity contribution in [2.75, 3.05) is 6.54 Å². The summed E-state index contributed by atoms with van der Waals surface area (Å²) in [4.78, 5) is 29.4. The number of thiophene rings is 1. The summed E-state index contributed by atoms with van der Waals surface area (Å²) in [6.07, 6.45) is 5.39. The molecule has 2 aromatic heterocycles. The van der Waals surface area contributed by atoms with Crippen molar-refractivity contribution in [1.29, 1.82) is 0 Å². The molecule has 0 radical (unpaired) electrons. The number of carbonyl (C=O) groups is 2. The van der Waals surface area contributed by atoms with Gasteiger partial charge in [-0.05, 0) is 37.8 Å². The van der Waals surface area contributed by atoms with Crippen molar-refractivity contribution in [2.24, 2.45) is 0 Å². The van der Waals surface area contributed by atoms with Crippen molar-refractivity contribution < 1.29 is 14.7 Å². The van der Waals surface area contributed by atoms with E-state index in [2.05, 4.69) is 10.3 Å². The number of aromatic carboxylic acids is 1. The maximum atomic E-state index is 12.0. The molecule has 116 valence electrons. The predicted molar refractivity (Wildman–Crippen MR) is 86.1 cm³/mol. The molecule has 22 heavy (non-hydrogen) atoms. The predicted octanol–water partition coefficient (Wildman–Crippen LogP) is 2.75. The van der Waals surface area contributed by atoms with Gasteiger partial charge in [0, 0.05) is 17.8 Å². The molecule has 0 atom stereocenters. The van der Waals surface area contributed by atoms with Crippen LogP contribution in [-0.4, -0.2) is 28.5 Å². The molecular formula is C15H16N2O3S2.